The highest BCUT2D eigenvalue weighted by Crippen LogP contribution is 2.60. The molecule has 1 aliphatic carbocycles. The Bertz CT molecular complexity index is 219. The van der Waals surface area contributed by atoms with Gasteiger partial charge in [-0.3, -0.25) is 4.90 Å². The van der Waals surface area contributed by atoms with Crippen molar-refractivity contribution in [3.8, 4) is 0 Å². The molecular formula is C9H15F2NO2. The number of hydrogen-bond donors (Lipinski definition) is 1. The quantitative estimate of drug-likeness (QED) is 0.724. The zero-order chi connectivity index (χ0) is 10.2. The normalized spacial score (nSPS) is 37.1. The molecule has 1 saturated carbocycles. The van der Waals surface area contributed by atoms with Gasteiger partial charge in [-0.25, -0.2) is 8.78 Å². The Hall–Kier alpha value is -0.260. The van der Waals surface area contributed by atoms with E-state index in [1.165, 1.54) is 0 Å². The Labute approximate surface area is 81.6 Å². The molecule has 3 nitrogen and oxygen atoms in total. The minimum atomic E-state index is -2.67. The van der Waals surface area contributed by atoms with Crippen molar-refractivity contribution in [3.63, 3.8) is 0 Å². The van der Waals surface area contributed by atoms with Crippen LogP contribution in [0, 0.1) is 5.41 Å². The van der Waals surface area contributed by atoms with Crippen LogP contribution in [0.1, 0.15) is 6.42 Å². The molecule has 0 aromatic rings. The summed E-state index contributed by atoms with van der Waals surface area (Å²) in [6.07, 6.45) is -0.173. The van der Waals surface area contributed by atoms with E-state index in [1.54, 1.807) is 0 Å². The molecule has 0 radical (unpaired) electrons. The highest BCUT2D eigenvalue weighted by atomic mass is 19.3. The van der Waals surface area contributed by atoms with Gasteiger partial charge in [0.1, 0.15) is 0 Å². The maximum absolute atomic E-state index is 13.0. The summed E-state index contributed by atoms with van der Waals surface area (Å²) in [5.74, 6) is -2.67. The average Bonchev–Trinajstić information content (AvgIpc) is 2.70. The van der Waals surface area contributed by atoms with Crippen LogP contribution in [-0.4, -0.2) is 55.4 Å². The van der Waals surface area contributed by atoms with E-state index >= 15 is 0 Å². The maximum Gasteiger partial charge on any atom is 0.258 e. The number of nitrogens with zero attached hydrogens (tertiary/aromatic N) is 1. The Balaban J connectivity index is 1.89. The fourth-order valence-electron chi connectivity index (χ4n) is 1.96. The number of rotatable bonds is 3. The van der Waals surface area contributed by atoms with E-state index in [0.29, 0.717) is 32.8 Å². The summed E-state index contributed by atoms with van der Waals surface area (Å²) in [6, 6.07) is 0. The Morgan fingerprint density at radius 1 is 1.29 bits per heavy atom. The molecule has 5 heteroatoms. The van der Waals surface area contributed by atoms with Gasteiger partial charge in [-0.1, -0.05) is 0 Å². The second-order valence-corrected chi connectivity index (χ2v) is 4.21. The van der Waals surface area contributed by atoms with Crippen LogP contribution in [0.3, 0.4) is 0 Å². The molecule has 2 aliphatic rings. The Morgan fingerprint density at radius 3 is 2.29 bits per heavy atom. The number of morpholine rings is 1. The molecule has 0 aromatic carbocycles. The molecule has 1 unspecified atom stereocenters. The number of halogens is 2. The van der Waals surface area contributed by atoms with E-state index in [4.69, 9.17) is 9.84 Å². The van der Waals surface area contributed by atoms with Gasteiger partial charge in [-0.15, -0.1) is 0 Å². The fourth-order valence-corrected chi connectivity index (χ4v) is 1.96. The second kappa shape index (κ2) is 3.40. The molecule has 0 amide bonds. The van der Waals surface area contributed by atoms with Gasteiger partial charge >= 0.3 is 0 Å². The minimum absolute atomic E-state index is 0.173. The van der Waals surface area contributed by atoms with E-state index in [2.05, 4.69) is 0 Å². The van der Waals surface area contributed by atoms with Gasteiger partial charge < -0.3 is 9.84 Å². The molecule has 14 heavy (non-hydrogen) atoms. The topological polar surface area (TPSA) is 32.7 Å². The van der Waals surface area contributed by atoms with Gasteiger partial charge in [-0.05, 0) is 0 Å². The highest BCUT2D eigenvalue weighted by molar-refractivity contribution is 5.11. The molecule has 82 valence electrons. The lowest BCUT2D eigenvalue weighted by Gasteiger charge is -2.29. The van der Waals surface area contributed by atoms with Crippen LogP contribution in [0.5, 0.6) is 0 Å². The van der Waals surface area contributed by atoms with Crippen molar-refractivity contribution >= 4 is 0 Å². The summed E-state index contributed by atoms with van der Waals surface area (Å²) in [5.41, 5.74) is -1.16. The molecular weight excluding hydrogens is 192 g/mol. The molecule has 0 bridgehead atoms. The van der Waals surface area contributed by atoms with Crippen LogP contribution in [0.4, 0.5) is 8.78 Å². The number of hydrogen-bond acceptors (Lipinski definition) is 3. The zero-order valence-electron chi connectivity index (χ0n) is 8.01. The number of aliphatic hydroxyl groups excluding tert-OH is 1. The van der Waals surface area contributed by atoms with Crippen molar-refractivity contribution in [2.75, 3.05) is 39.5 Å². The molecule has 1 saturated heterocycles. The smallest absolute Gasteiger partial charge is 0.258 e. The summed E-state index contributed by atoms with van der Waals surface area (Å²) in [4.78, 5) is 1.95. The molecule has 0 spiro atoms. The molecule has 0 aromatic heterocycles. The third-order valence-corrected chi connectivity index (χ3v) is 3.14. The van der Waals surface area contributed by atoms with Crippen LogP contribution in [0.2, 0.25) is 0 Å². The van der Waals surface area contributed by atoms with E-state index in [9.17, 15) is 8.78 Å². The number of ether oxygens (including phenoxy) is 1. The monoisotopic (exact) mass is 207 g/mol. The van der Waals surface area contributed by atoms with Gasteiger partial charge in [0, 0.05) is 26.1 Å². The first-order valence-corrected chi connectivity index (χ1v) is 4.88. The molecule has 2 fully saturated rings. The fraction of sp³-hybridized carbons (Fsp3) is 1.00. The predicted molar refractivity (Wildman–Crippen MR) is 46.3 cm³/mol. The first-order valence-electron chi connectivity index (χ1n) is 4.88. The van der Waals surface area contributed by atoms with E-state index in [1.807, 2.05) is 4.90 Å². The molecule has 2 rings (SSSR count). The van der Waals surface area contributed by atoms with Crippen molar-refractivity contribution in [1.82, 2.24) is 4.90 Å². The summed E-state index contributed by atoms with van der Waals surface area (Å²) >= 11 is 0. The molecule has 1 heterocycles. The third-order valence-electron chi connectivity index (χ3n) is 3.14. The van der Waals surface area contributed by atoms with Gasteiger partial charge in [-0.2, -0.15) is 0 Å². The third kappa shape index (κ3) is 1.64. The van der Waals surface area contributed by atoms with E-state index in [0.717, 1.165) is 0 Å². The van der Waals surface area contributed by atoms with E-state index in [-0.39, 0.29) is 6.42 Å². The summed E-state index contributed by atoms with van der Waals surface area (Å²) in [7, 11) is 0. The predicted octanol–water partition coefficient (Wildman–Crippen LogP) is 0.336. The molecule has 1 N–H and O–H groups in total. The van der Waals surface area contributed by atoms with Crippen molar-refractivity contribution in [1.29, 1.82) is 0 Å². The summed E-state index contributed by atoms with van der Waals surface area (Å²) < 4.78 is 31.1. The van der Waals surface area contributed by atoms with Crippen LogP contribution in [0.25, 0.3) is 0 Å². The van der Waals surface area contributed by atoms with Gasteiger partial charge in [0.15, 0.2) is 0 Å². The lowest BCUT2D eigenvalue weighted by Crippen LogP contribution is -2.42. The second-order valence-electron chi connectivity index (χ2n) is 4.21. The van der Waals surface area contributed by atoms with Crippen LogP contribution < -0.4 is 0 Å². The van der Waals surface area contributed by atoms with Gasteiger partial charge in [0.25, 0.3) is 5.92 Å². The Kier molecular flexibility index (Phi) is 2.49. The maximum atomic E-state index is 13.0. The zero-order valence-corrected chi connectivity index (χ0v) is 8.01. The standard InChI is InChI=1S/C9H15F2NO2/c10-9(11)5-8(9,7-13)6-12-1-3-14-4-2-12/h13H,1-7H2. The van der Waals surface area contributed by atoms with Crippen molar-refractivity contribution in [3.05, 3.63) is 0 Å². The molecule has 1 atom stereocenters. The van der Waals surface area contributed by atoms with Crippen LogP contribution >= 0.6 is 0 Å². The summed E-state index contributed by atoms with van der Waals surface area (Å²) in [5, 5.41) is 8.98. The van der Waals surface area contributed by atoms with Crippen molar-refractivity contribution < 1.29 is 18.6 Å². The molecule has 1 aliphatic heterocycles. The first-order chi connectivity index (χ1) is 6.60. The SMILES string of the molecule is OCC1(CN2CCOCC2)CC1(F)F. The lowest BCUT2D eigenvalue weighted by molar-refractivity contribution is -0.0124. The Morgan fingerprint density at radius 2 is 1.86 bits per heavy atom. The summed E-state index contributed by atoms with van der Waals surface area (Å²) in [6.45, 7) is 2.47. The average molecular weight is 207 g/mol. The highest BCUT2D eigenvalue weighted by Gasteiger charge is 2.70. The number of alkyl halides is 2. The van der Waals surface area contributed by atoms with Crippen molar-refractivity contribution in [2.45, 2.75) is 12.3 Å². The largest absolute Gasteiger partial charge is 0.396 e. The van der Waals surface area contributed by atoms with Gasteiger partial charge in [0.05, 0.1) is 25.2 Å². The van der Waals surface area contributed by atoms with Crippen LogP contribution in [-0.2, 0) is 4.74 Å². The van der Waals surface area contributed by atoms with Crippen molar-refractivity contribution in [2.24, 2.45) is 5.41 Å². The van der Waals surface area contributed by atoms with E-state index < -0.39 is 17.9 Å². The minimum Gasteiger partial charge on any atom is -0.396 e. The van der Waals surface area contributed by atoms with Gasteiger partial charge in [0.2, 0.25) is 0 Å². The lowest BCUT2D eigenvalue weighted by atomic mass is 10.1. The van der Waals surface area contributed by atoms with Crippen LogP contribution in [0.15, 0.2) is 0 Å². The first kappa shape index (κ1) is 10.3. The number of aliphatic hydroxyl groups is 1.